The molecule has 0 saturated heterocycles. The van der Waals surface area contributed by atoms with Crippen LogP contribution >= 0.6 is 0 Å². The maximum Gasteiger partial charge on any atom is 0.260 e. The molecule has 0 atom stereocenters. The molecule has 0 aromatic heterocycles. The summed E-state index contributed by atoms with van der Waals surface area (Å²) in [5.74, 6) is 0.955. The molecule has 0 heterocycles. The van der Waals surface area contributed by atoms with E-state index in [4.69, 9.17) is 9.47 Å². The van der Waals surface area contributed by atoms with Crippen LogP contribution in [0.4, 0.5) is 0 Å². The summed E-state index contributed by atoms with van der Waals surface area (Å²) in [7, 11) is 1.69. The van der Waals surface area contributed by atoms with Crippen LogP contribution in [0.15, 0.2) is 48.5 Å². The monoisotopic (exact) mass is 315 g/mol. The number of rotatable bonds is 7. The third-order valence-corrected chi connectivity index (χ3v) is 3.42. The lowest BCUT2D eigenvalue weighted by Gasteiger charge is -2.18. The first-order valence-electron chi connectivity index (χ1n) is 7.41. The molecule has 0 aliphatic carbocycles. The first kappa shape index (κ1) is 16.7. The standard InChI is InChI=1S/C18H21NO4/c1-14-7-3-5-9-16(14)22-12-11-19(2)18(21)13-23-17-10-6-4-8-15(17)20/h3-10,20H,11-13H2,1-2H3. The Morgan fingerprint density at radius 3 is 2.39 bits per heavy atom. The van der Waals surface area contributed by atoms with Gasteiger partial charge in [0.25, 0.3) is 5.91 Å². The van der Waals surface area contributed by atoms with Gasteiger partial charge in [-0.2, -0.15) is 0 Å². The Labute approximate surface area is 136 Å². The van der Waals surface area contributed by atoms with E-state index >= 15 is 0 Å². The van der Waals surface area contributed by atoms with Crippen molar-refractivity contribution >= 4 is 5.91 Å². The van der Waals surface area contributed by atoms with E-state index in [2.05, 4.69) is 0 Å². The molecule has 5 nitrogen and oxygen atoms in total. The second kappa shape index (κ2) is 8.08. The van der Waals surface area contributed by atoms with E-state index in [1.807, 2.05) is 31.2 Å². The smallest absolute Gasteiger partial charge is 0.260 e. The molecule has 122 valence electrons. The van der Waals surface area contributed by atoms with Crippen LogP contribution in [-0.2, 0) is 4.79 Å². The van der Waals surface area contributed by atoms with E-state index in [1.54, 1.807) is 25.2 Å². The molecule has 1 amide bonds. The van der Waals surface area contributed by atoms with E-state index in [0.29, 0.717) is 18.9 Å². The third-order valence-electron chi connectivity index (χ3n) is 3.42. The number of carbonyl (C=O) groups is 1. The quantitative estimate of drug-likeness (QED) is 0.853. The molecule has 0 aliphatic heterocycles. The summed E-state index contributed by atoms with van der Waals surface area (Å²) in [5, 5.41) is 9.59. The van der Waals surface area contributed by atoms with Crippen LogP contribution in [0.1, 0.15) is 5.56 Å². The number of hydrogen-bond donors (Lipinski definition) is 1. The molecule has 23 heavy (non-hydrogen) atoms. The Hall–Kier alpha value is -2.69. The van der Waals surface area contributed by atoms with Gasteiger partial charge in [0.15, 0.2) is 18.1 Å². The maximum atomic E-state index is 12.0. The highest BCUT2D eigenvalue weighted by Gasteiger charge is 2.11. The van der Waals surface area contributed by atoms with Crippen molar-refractivity contribution in [2.45, 2.75) is 6.92 Å². The molecular formula is C18H21NO4. The third kappa shape index (κ3) is 4.92. The molecule has 0 unspecified atom stereocenters. The normalized spacial score (nSPS) is 10.2. The lowest BCUT2D eigenvalue weighted by Crippen LogP contribution is -2.34. The number of aryl methyl sites for hydroxylation is 1. The van der Waals surface area contributed by atoms with E-state index < -0.39 is 0 Å². The lowest BCUT2D eigenvalue weighted by molar-refractivity contribution is -0.132. The van der Waals surface area contributed by atoms with Crippen LogP contribution in [0.5, 0.6) is 17.2 Å². The minimum atomic E-state index is -0.179. The average molecular weight is 315 g/mol. The molecule has 0 saturated carbocycles. The number of hydrogen-bond acceptors (Lipinski definition) is 4. The molecule has 0 aliphatic rings. The van der Waals surface area contributed by atoms with Gasteiger partial charge in [0, 0.05) is 7.05 Å². The highest BCUT2D eigenvalue weighted by atomic mass is 16.5. The molecule has 0 fully saturated rings. The number of phenolic OH excluding ortho intramolecular Hbond substituents is 1. The van der Waals surface area contributed by atoms with Gasteiger partial charge in [0.2, 0.25) is 0 Å². The number of amides is 1. The molecule has 2 aromatic carbocycles. The van der Waals surface area contributed by atoms with Crippen LogP contribution in [0.3, 0.4) is 0 Å². The van der Waals surface area contributed by atoms with E-state index in [9.17, 15) is 9.90 Å². The molecule has 5 heteroatoms. The zero-order valence-corrected chi connectivity index (χ0v) is 13.4. The summed E-state index contributed by atoms with van der Waals surface area (Å²) < 4.78 is 11.0. The SMILES string of the molecule is Cc1ccccc1OCCN(C)C(=O)COc1ccccc1O. The Morgan fingerprint density at radius 1 is 1.04 bits per heavy atom. The van der Waals surface area contributed by atoms with Crippen molar-refractivity contribution < 1.29 is 19.4 Å². The molecule has 0 radical (unpaired) electrons. The lowest BCUT2D eigenvalue weighted by atomic mass is 10.2. The van der Waals surface area contributed by atoms with Gasteiger partial charge in [0.05, 0.1) is 6.54 Å². The minimum absolute atomic E-state index is 0.0193. The predicted octanol–water partition coefficient (Wildman–Crippen LogP) is 2.62. The van der Waals surface area contributed by atoms with Gasteiger partial charge in [0.1, 0.15) is 12.4 Å². The molecular weight excluding hydrogens is 294 g/mol. The number of nitrogens with zero attached hydrogens (tertiary/aromatic N) is 1. The maximum absolute atomic E-state index is 12.0. The van der Waals surface area contributed by atoms with Gasteiger partial charge in [-0.05, 0) is 30.7 Å². The summed E-state index contributed by atoms with van der Waals surface area (Å²) in [6, 6.07) is 14.3. The molecule has 2 aromatic rings. The van der Waals surface area contributed by atoms with E-state index in [-0.39, 0.29) is 18.3 Å². The average Bonchev–Trinajstić information content (AvgIpc) is 2.55. The van der Waals surface area contributed by atoms with Crippen LogP contribution in [0, 0.1) is 6.92 Å². The number of likely N-dealkylation sites (N-methyl/N-ethyl adjacent to an activating group) is 1. The summed E-state index contributed by atoms with van der Waals surface area (Å²) in [6.07, 6.45) is 0. The topological polar surface area (TPSA) is 59.0 Å². The number of para-hydroxylation sites is 3. The Balaban J connectivity index is 1.75. The zero-order chi connectivity index (χ0) is 16.7. The number of phenols is 1. The fraction of sp³-hybridized carbons (Fsp3) is 0.278. The van der Waals surface area contributed by atoms with E-state index in [1.165, 1.54) is 11.0 Å². The fourth-order valence-corrected chi connectivity index (χ4v) is 1.96. The highest BCUT2D eigenvalue weighted by Crippen LogP contribution is 2.24. The molecule has 1 N–H and O–H groups in total. The first-order valence-corrected chi connectivity index (χ1v) is 7.41. The highest BCUT2D eigenvalue weighted by molar-refractivity contribution is 5.77. The van der Waals surface area contributed by atoms with Gasteiger partial charge < -0.3 is 19.5 Å². The van der Waals surface area contributed by atoms with Crippen molar-refractivity contribution in [1.29, 1.82) is 0 Å². The summed E-state index contributed by atoms with van der Waals surface area (Å²) >= 11 is 0. The largest absolute Gasteiger partial charge is 0.504 e. The van der Waals surface area contributed by atoms with Crippen molar-refractivity contribution in [2.75, 3.05) is 26.8 Å². The number of benzene rings is 2. The number of aromatic hydroxyl groups is 1. The van der Waals surface area contributed by atoms with E-state index in [0.717, 1.165) is 11.3 Å². The second-order valence-corrected chi connectivity index (χ2v) is 5.19. The molecule has 0 spiro atoms. The van der Waals surface area contributed by atoms with Crippen molar-refractivity contribution in [2.24, 2.45) is 0 Å². The predicted molar refractivity (Wildman–Crippen MR) is 87.9 cm³/mol. The van der Waals surface area contributed by atoms with Crippen molar-refractivity contribution in [3.8, 4) is 17.2 Å². The van der Waals surface area contributed by atoms with Gasteiger partial charge in [-0.3, -0.25) is 4.79 Å². The van der Waals surface area contributed by atoms with Gasteiger partial charge in [-0.25, -0.2) is 0 Å². The first-order chi connectivity index (χ1) is 11.1. The van der Waals surface area contributed by atoms with Crippen LogP contribution < -0.4 is 9.47 Å². The molecule has 2 rings (SSSR count). The van der Waals surface area contributed by atoms with Crippen LogP contribution in [-0.4, -0.2) is 42.7 Å². The minimum Gasteiger partial charge on any atom is -0.504 e. The summed E-state index contributed by atoms with van der Waals surface area (Å²) in [6.45, 7) is 2.71. The Bertz CT molecular complexity index is 657. The van der Waals surface area contributed by atoms with Crippen molar-refractivity contribution in [3.05, 3.63) is 54.1 Å². The van der Waals surface area contributed by atoms with Crippen molar-refractivity contribution in [3.63, 3.8) is 0 Å². The van der Waals surface area contributed by atoms with Gasteiger partial charge in [-0.15, -0.1) is 0 Å². The second-order valence-electron chi connectivity index (χ2n) is 5.19. The molecule has 0 bridgehead atoms. The van der Waals surface area contributed by atoms with Crippen LogP contribution in [0.25, 0.3) is 0 Å². The Morgan fingerprint density at radius 2 is 1.70 bits per heavy atom. The fourth-order valence-electron chi connectivity index (χ4n) is 1.96. The summed E-state index contributed by atoms with van der Waals surface area (Å²) in [5.41, 5.74) is 1.06. The zero-order valence-electron chi connectivity index (χ0n) is 13.4. The summed E-state index contributed by atoms with van der Waals surface area (Å²) in [4.78, 5) is 13.5. The van der Waals surface area contributed by atoms with Gasteiger partial charge in [-0.1, -0.05) is 30.3 Å². The van der Waals surface area contributed by atoms with Gasteiger partial charge >= 0.3 is 0 Å². The van der Waals surface area contributed by atoms with Crippen LogP contribution in [0.2, 0.25) is 0 Å². The number of ether oxygens (including phenoxy) is 2. The number of carbonyl (C=O) groups excluding carboxylic acids is 1. The Kier molecular flexibility index (Phi) is 5.86. The van der Waals surface area contributed by atoms with Crippen molar-refractivity contribution in [1.82, 2.24) is 4.90 Å².